The summed E-state index contributed by atoms with van der Waals surface area (Å²) >= 11 is 0. The van der Waals surface area contributed by atoms with Crippen molar-refractivity contribution in [3.05, 3.63) is 36.0 Å². The van der Waals surface area contributed by atoms with Gasteiger partial charge >= 0.3 is 0 Å². The molecule has 1 fully saturated rings. The lowest BCUT2D eigenvalue weighted by atomic mass is 9.68. The van der Waals surface area contributed by atoms with Crippen LogP contribution in [0.4, 0.5) is 0 Å². The zero-order valence-corrected chi connectivity index (χ0v) is 10.6. The second kappa shape index (κ2) is 4.21. The molecule has 0 bridgehead atoms. The quantitative estimate of drug-likeness (QED) is 0.866. The predicted octanol–water partition coefficient (Wildman–Crippen LogP) is 2.16. The monoisotopic (exact) mass is 242 g/mol. The summed E-state index contributed by atoms with van der Waals surface area (Å²) in [6.07, 6.45) is 7.32. The number of nitrogens with two attached hydrogens (primary N) is 1. The van der Waals surface area contributed by atoms with Crippen LogP contribution in [0.25, 0.3) is 11.3 Å². The zero-order chi connectivity index (χ0) is 12.6. The van der Waals surface area contributed by atoms with Gasteiger partial charge in [0.1, 0.15) is 5.82 Å². The molecule has 0 aliphatic heterocycles. The SMILES string of the molecule is Cc1cc(-c2cc[nH]c2)nc(C2(CN)CCC2)n1. The standard InChI is InChI=1S/C14H18N4/c1-10-7-12(11-3-6-16-8-11)18-13(17-10)14(9-15)4-2-5-14/h3,6-8,16H,2,4-5,9,15H2,1H3. The largest absolute Gasteiger partial charge is 0.367 e. The van der Waals surface area contributed by atoms with Crippen molar-refractivity contribution in [2.45, 2.75) is 31.6 Å². The number of hydrogen-bond acceptors (Lipinski definition) is 3. The molecule has 2 aromatic heterocycles. The van der Waals surface area contributed by atoms with E-state index in [-0.39, 0.29) is 5.41 Å². The maximum atomic E-state index is 5.93. The van der Waals surface area contributed by atoms with Crippen molar-refractivity contribution in [3.63, 3.8) is 0 Å². The molecule has 18 heavy (non-hydrogen) atoms. The molecule has 94 valence electrons. The Hall–Kier alpha value is -1.68. The molecule has 1 aliphatic carbocycles. The van der Waals surface area contributed by atoms with Crippen LogP contribution in [0.1, 0.15) is 30.8 Å². The molecule has 3 N–H and O–H groups in total. The fourth-order valence-corrected chi connectivity index (χ4v) is 2.56. The van der Waals surface area contributed by atoms with Gasteiger partial charge in [-0.2, -0.15) is 0 Å². The van der Waals surface area contributed by atoms with E-state index in [1.165, 1.54) is 6.42 Å². The van der Waals surface area contributed by atoms with Crippen molar-refractivity contribution in [2.24, 2.45) is 5.73 Å². The fraction of sp³-hybridized carbons (Fsp3) is 0.429. The number of hydrogen-bond donors (Lipinski definition) is 2. The Balaban J connectivity index is 2.06. The molecule has 0 atom stereocenters. The summed E-state index contributed by atoms with van der Waals surface area (Å²) in [5.41, 5.74) is 9.06. The molecule has 0 spiro atoms. The highest BCUT2D eigenvalue weighted by Gasteiger charge is 2.40. The summed E-state index contributed by atoms with van der Waals surface area (Å²) < 4.78 is 0. The molecule has 0 radical (unpaired) electrons. The van der Waals surface area contributed by atoms with E-state index in [4.69, 9.17) is 10.7 Å². The molecule has 4 heteroatoms. The number of aromatic nitrogens is 3. The van der Waals surface area contributed by atoms with Gasteiger partial charge in [0.25, 0.3) is 0 Å². The van der Waals surface area contributed by atoms with Crippen LogP contribution >= 0.6 is 0 Å². The second-order valence-corrected chi connectivity index (χ2v) is 5.16. The summed E-state index contributed by atoms with van der Waals surface area (Å²) in [6.45, 7) is 2.66. The first-order chi connectivity index (χ1) is 8.73. The number of aromatic amines is 1. The summed E-state index contributed by atoms with van der Waals surface area (Å²) in [6, 6.07) is 4.05. The molecular weight excluding hydrogens is 224 g/mol. The lowest BCUT2D eigenvalue weighted by molar-refractivity contribution is 0.238. The van der Waals surface area contributed by atoms with E-state index in [0.29, 0.717) is 6.54 Å². The highest BCUT2D eigenvalue weighted by molar-refractivity contribution is 5.58. The summed E-state index contributed by atoms with van der Waals surface area (Å²) in [7, 11) is 0. The van der Waals surface area contributed by atoms with Gasteiger partial charge in [0, 0.05) is 35.6 Å². The van der Waals surface area contributed by atoms with Crippen molar-refractivity contribution >= 4 is 0 Å². The van der Waals surface area contributed by atoms with Gasteiger partial charge in [-0.3, -0.25) is 0 Å². The van der Waals surface area contributed by atoms with Gasteiger partial charge in [0.15, 0.2) is 0 Å². The first kappa shape index (κ1) is 11.4. The Morgan fingerprint density at radius 2 is 2.22 bits per heavy atom. The van der Waals surface area contributed by atoms with E-state index in [9.17, 15) is 0 Å². The van der Waals surface area contributed by atoms with Crippen molar-refractivity contribution in [2.75, 3.05) is 6.54 Å². The Labute approximate surface area is 107 Å². The van der Waals surface area contributed by atoms with Gasteiger partial charge in [0.2, 0.25) is 0 Å². The van der Waals surface area contributed by atoms with Crippen LogP contribution in [0.15, 0.2) is 24.5 Å². The summed E-state index contributed by atoms with van der Waals surface area (Å²) in [4.78, 5) is 12.4. The van der Waals surface area contributed by atoms with E-state index >= 15 is 0 Å². The number of H-pyrrole nitrogens is 1. The van der Waals surface area contributed by atoms with Crippen molar-refractivity contribution in [3.8, 4) is 11.3 Å². The zero-order valence-electron chi connectivity index (χ0n) is 10.6. The molecule has 1 saturated carbocycles. The molecular formula is C14H18N4. The summed E-state index contributed by atoms with van der Waals surface area (Å²) in [5, 5.41) is 0. The molecule has 2 heterocycles. The highest BCUT2D eigenvalue weighted by atomic mass is 14.9. The van der Waals surface area contributed by atoms with E-state index in [1.54, 1.807) is 0 Å². The molecule has 0 unspecified atom stereocenters. The van der Waals surface area contributed by atoms with Gasteiger partial charge in [-0.25, -0.2) is 9.97 Å². The van der Waals surface area contributed by atoms with Gasteiger partial charge < -0.3 is 10.7 Å². The first-order valence-corrected chi connectivity index (χ1v) is 6.43. The third kappa shape index (κ3) is 1.73. The van der Waals surface area contributed by atoms with Crippen molar-refractivity contribution in [1.29, 1.82) is 0 Å². The molecule has 2 aromatic rings. The van der Waals surface area contributed by atoms with Gasteiger partial charge in [-0.05, 0) is 31.9 Å². The Morgan fingerprint density at radius 1 is 1.39 bits per heavy atom. The Bertz CT molecular complexity index is 535. The van der Waals surface area contributed by atoms with E-state index < -0.39 is 0 Å². The van der Waals surface area contributed by atoms with Crippen LogP contribution in [-0.4, -0.2) is 21.5 Å². The van der Waals surface area contributed by atoms with Crippen LogP contribution in [0.2, 0.25) is 0 Å². The summed E-state index contributed by atoms with van der Waals surface area (Å²) in [5.74, 6) is 0.924. The van der Waals surface area contributed by atoms with Gasteiger partial charge in [-0.1, -0.05) is 6.42 Å². The van der Waals surface area contributed by atoms with Crippen LogP contribution in [0.3, 0.4) is 0 Å². The van der Waals surface area contributed by atoms with Crippen LogP contribution in [-0.2, 0) is 5.41 Å². The normalized spacial score (nSPS) is 17.4. The highest BCUT2D eigenvalue weighted by Crippen LogP contribution is 2.41. The minimum absolute atomic E-state index is 0.0249. The van der Waals surface area contributed by atoms with E-state index in [2.05, 4.69) is 9.97 Å². The molecule has 0 amide bonds. The molecule has 1 aliphatic rings. The predicted molar refractivity (Wildman–Crippen MR) is 71.1 cm³/mol. The van der Waals surface area contributed by atoms with E-state index in [0.717, 1.165) is 35.6 Å². The smallest absolute Gasteiger partial charge is 0.136 e. The number of aryl methyl sites for hydroxylation is 1. The maximum Gasteiger partial charge on any atom is 0.136 e. The first-order valence-electron chi connectivity index (χ1n) is 6.43. The van der Waals surface area contributed by atoms with Gasteiger partial charge in [-0.15, -0.1) is 0 Å². The van der Waals surface area contributed by atoms with Crippen LogP contribution in [0.5, 0.6) is 0 Å². The van der Waals surface area contributed by atoms with Crippen LogP contribution in [0, 0.1) is 6.92 Å². The fourth-order valence-electron chi connectivity index (χ4n) is 2.56. The Kier molecular flexibility index (Phi) is 2.67. The van der Waals surface area contributed by atoms with E-state index in [1.807, 2.05) is 31.5 Å². The number of nitrogens with zero attached hydrogens (tertiary/aromatic N) is 2. The van der Waals surface area contributed by atoms with Crippen LogP contribution < -0.4 is 5.73 Å². The second-order valence-electron chi connectivity index (χ2n) is 5.16. The average molecular weight is 242 g/mol. The Morgan fingerprint density at radius 3 is 2.78 bits per heavy atom. The topological polar surface area (TPSA) is 67.6 Å². The molecule has 0 saturated heterocycles. The number of nitrogens with one attached hydrogen (secondary N) is 1. The lowest BCUT2D eigenvalue weighted by Gasteiger charge is -2.39. The maximum absolute atomic E-state index is 5.93. The third-order valence-electron chi connectivity index (χ3n) is 3.92. The molecule has 3 rings (SSSR count). The lowest BCUT2D eigenvalue weighted by Crippen LogP contribution is -2.43. The van der Waals surface area contributed by atoms with Crippen molar-refractivity contribution < 1.29 is 0 Å². The number of rotatable bonds is 3. The van der Waals surface area contributed by atoms with Crippen molar-refractivity contribution in [1.82, 2.24) is 15.0 Å². The minimum atomic E-state index is 0.0249. The average Bonchev–Trinajstić information content (AvgIpc) is 2.81. The van der Waals surface area contributed by atoms with Gasteiger partial charge in [0.05, 0.1) is 5.69 Å². The third-order valence-corrected chi connectivity index (χ3v) is 3.92. The molecule has 4 nitrogen and oxygen atoms in total. The molecule has 0 aromatic carbocycles. The minimum Gasteiger partial charge on any atom is -0.367 e.